The lowest BCUT2D eigenvalue weighted by Crippen LogP contribution is -2.20. The summed E-state index contributed by atoms with van der Waals surface area (Å²) in [5.74, 6) is 0. The van der Waals surface area contributed by atoms with Gasteiger partial charge in [-0.15, -0.1) is 11.8 Å². The van der Waals surface area contributed by atoms with Crippen molar-refractivity contribution in [2.75, 3.05) is 12.8 Å². The van der Waals surface area contributed by atoms with Gasteiger partial charge in [-0.1, -0.05) is 45.2 Å². The van der Waals surface area contributed by atoms with E-state index in [-0.39, 0.29) is 0 Å². The van der Waals surface area contributed by atoms with Gasteiger partial charge in [-0.25, -0.2) is 0 Å². The molecule has 0 fully saturated rings. The molecule has 0 spiro atoms. The predicted octanol–water partition coefficient (Wildman–Crippen LogP) is 4.64. The molecule has 1 N–H and O–H groups in total. The molecule has 2 heteroatoms. The number of thioether (sulfide) groups is 1. The Hall–Kier alpha value is -0.470. The Labute approximate surface area is 110 Å². The normalized spacial score (nSPS) is 12.6. The molecule has 0 bridgehead atoms. The Kier molecular flexibility index (Phi) is 7.38. The van der Waals surface area contributed by atoms with Crippen molar-refractivity contribution in [3.8, 4) is 0 Å². The Balaban J connectivity index is 2.60. The predicted molar refractivity (Wildman–Crippen MR) is 78.8 cm³/mol. The molecular weight excluding hydrogens is 226 g/mol. The molecule has 1 atom stereocenters. The van der Waals surface area contributed by atoms with Crippen LogP contribution in [-0.2, 0) is 0 Å². The Morgan fingerprint density at radius 3 is 2.35 bits per heavy atom. The third-order valence-electron chi connectivity index (χ3n) is 3.07. The SMILES string of the molecule is CCCCCC(NCC)c1ccc(SC)cc1. The maximum Gasteiger partial charge on any atom is 0.0320 e. The largest absolute Gasteiger partial charge is 0.310 e. The quantitative estimate of drug-likeness (QED) is 0.533. The third kappa shape index (κ3) is 5.13. The molecule has 1 rings (SSSR count). The molecule has 1 aromatic carbocycles. The monoisotopic (exact) mass is 251 g/mol. The fraction of sp³-hybridized carbons (Fsp3) is 0.600. The van der Waals surface area contributed by atoms with E-state index in [1.54, 1.807) is 11.8 Å². The molecule has 0 aliphatic rings. The molecule has 0 radical (unpaired) electrons. The zero-order valence-electron chi connectivity index (χ0n) is 11.3. The zero-order valence-corrected chi connectivity index (χ0v) is 12.1. The van der Waals surface area contributed by atoms with Crippen molar-refractivity contribution in [2.24, 2.45) is 0 Å². The van der Waals surface area contributed by atoms with Crippen molar-refractivity contribution < 1.29 is 0 Å². The number of nitrogens with one attached hydrogen (secondary N) is 1. The van der Waals surface area contributed by atoms with E-state index in [2.05, 4.69) is 49.7 Å². The van der Waals surface area contributed by atoms with Crippen LogP contribution >= 0.6 is 11.8 Å². The topological polar surface area (TPSA) is 12.0 Å². The molecule has 0 saturated heterocycles. The van der Waals surface area contributed by atoms with Gasteiger partial charge in [0.2, 0.25) is 0 Å². The van der Waals surface area contributed by atoms with Gasteiger partial charge in [0.1, 0.15) is 0 Å². The van der Waals surface area contributed by atoms with Gasteiger partial charge in [0, 0.05) is 10.9 Å². The summed E-state index contributed by atoms with van der Waals surface area (Å²) < 4.78 is 0. The van der Waals surface area contributed by atoms with Crippen LogP contribution in [0.25, 0.3) is 0 Å². The summed E-state index contributed by atoms with van der Waals surface area (Å²) in [6, 6.07) is 9.52. The van der Waals surface area contributed by atoms with Crippen LogP contribution < -0.4 is 5.32 Å². The van der Waals surface area contributed by atoms with E-state index in [1.165, 1.54) is 36.1 Å². The number of benzene rings is 1. The lowest BCUT2D eigenvalue weighted by Gasteiger charge is -2.18. The van der Waals surface area contributed by atoms with E-state index < -0.39 is 0 Å². The highest BCUT2D eigenvalue weighted by atomic mass is 32.2. The number of unbranched alkanes of at least 4 members (excludes halogenated alkanes) is 2. The van der Waals surface area contributed by atoms with E-state index in [1.807, 2.05) is 0 Å². The Morgan fingerprint density at radius 2 is 1.82 bits per heavy atom. The highest BCUT2D eigenvalue weighted by molar-refractivity contribution is 7.98. The van der Waals surface area contributed by atoms with E-state index in [0.29, 0.717) is 6.04 Å². The Bertz CT molecular complexity index is 294. The standard InChI is InChI=1S/C15H25NS/c1-4-6-7-8-15(16-5-2)13-9-11-14(17-3)12-10-13/h9-12,15-16H,4-8H2,1-3H3. The summed E-state index contributed by atoms with van der Waals surface area (Å²) >= 11 is 1.80. The first kappa shape index (κ1) is 14.6. The Morgan fingerprint density at radius 1 is 1.12 bits per heavy atom. The lowest BCUT2D eigenvalue weighted by molar-refractivity contribution is 0.486. The van der Waals surface area contributed by atoms with E-state index in [4.69, 9.17) is 0 Å². The molecule has 0 saturated carbocycles. The van der Waals surface area contributed by atoms with Crippen LogP contribution in [-0.4, -0.2) is 12.8 Å². The molecule has 0 aromatic heterocycles. The minimum absolute atomic E-state index is 0.530. The van der Waals surface area contributed by atoms with Crippen molar-refractivity contribution in [1.82, 2.24) is 5.32 Å². The van der Waals surface area contributed by atoms with Crippen molar-refractivity contribution >= 4 is 11.8 Å². The van der Waals surface area contributed by atoms with Gasteiger partial charge in [0.25, 0.3) is 0 Å². The molecule has 0 heterocycles. The van der Waals surface area contributed by atoms with Crippen LogP contribution in [0.1, 0.15) is 51.1 Å². The summed E-state index contributed by atoms with van der Waals surface area (Å²) in [7, 11) is 0. The molecule has 1 aromatic rings. The fourth-order valence-electron chi connectivity index (χ4n) is 2.07. The summed E-state index contributed by atoms with van der Waals surface area (Å²) in [5, 5.41) is 3.59. The summed E-state index contributed by atoms with van der Waals surface area (Å²) in [6.07, 6.45) is 7.33. The van der Waals surface area contributed by atoms with E-state index in [9.17, 15) is 0 Å². The number of hydrogen-bond donors (Lipinski definition) is 1. The van der Waals surface area contributed by atoms with Crippen LogP contribution in [0.15, 0.2) is 29.2 Å². The van der Waals surface area contributed by atoms with Gasteiger partial charge >= 0.3 is 0 Å². The average molecular weight is 251 g/mol. The van der Waals surface area contributed by atoms with Crippen LogP contribution in [0, 0.1) is 0 Å². The first-order valence-electron chi connectivity index (χ1n) is 6.69. The van der Waals surface area contributed by atoms with Gasteiger partial charge < -0.3 is 5.32 Å². The van der Waals surface area contributed by atoms with Crippen LogP contribution in [0.4, 0.5) is 0 Å². The minimum Gasteiger partial charge on any atom is -0.310 e. The van der Waals surface area contributed by atoms with Gasteiger partial charge in [-0.2, -0.15) is 0 Å². The smallest absolute Gasteiger partial charge is 0.0320 e. The molecule has 1 nitrogen and oxygen atoms in total. The fourth-order valence-corrected chi connectivity index (χ4v) is 2.48. The molecule has 0 aliphatic carbocycles. The highest BCUT2D eigenvalue weighted by Crippen LogP contribution is 2.22. The average Bonchev–Trinajstić information content (AvgIpc) is 2.38. The summed E-state index contributed by atoms with van der Waals surface area (Å²) in [4.78, 5) is 1.34. The second-order valence-corrected chi connectivity index (χ2v) is 5.26. The maximum atomic E-state index is 3.59. The first-order valence-corrected chi connectivity index (χ1v) is 7.91. The van der Waals surface area contributed by atoms with Crippen LogP contribution in [0.3, 0.4) is 0 Å². The first-order chi connectivity index (χ1) is 8.31. The maximum absolute atomic E-state index is 3.59. The third-order valence-corrected chi connectivity index (χ3v) is 3.81. The van der Waals surface area contributed by atoms with Crippen LogP contribution in [0.2, 0.25) is 0 Å². The second-order valence-electron chi connectivity index (χ2n) is 4.38. The lowest BCUT2D eigenvalue weighted by atomic mass is 10.0. The van der Waals surface area contributed by atoms with Gasteiger partial charge in [-0.3, -0.25) is 0 Å². The zero-order chi connectivity index (χ0) is 12.5. The summed E-state index contributed by atoms with van der Waals surface area (Å²) in [5.41, 5.74) is 1.43. The number of rotatable bonds is 8. The van der Waals surface area contributed by atoms with E-state index >= 15 is 0 Å². The number of hydrogen-bond acceptors (Lipinski definition) is 2. The molecule has 1 unspecified atom stereocenters. The second kappa shape index (κ2) is 8.60. The van der Waals surface area contributed by atoms with Crippen molar-refractivity contribution in [3.63, 3.8) is 0 Å². The molecule has 96 valence electrons. The van der Waals surface area contributed by atoms with E-state index in [0.717, 1.165) is 6.54 Å². The molecule has 17 heavy (non-hydrogen) atoms. The molecule has 0 aliphatic heterocycles. The highest BCUT2D eigenvalue weighted by Gasteiger charge is 2.09. The molecule has 0 amide bonds. The van der Waals surface area contributed by atoms with Crippen LogP contribution in [0.5, 0.6) is 0 Å². The van der Waals surface area contributed by atoms with Crippen molar-refractivity contribution in [2.45, 2.75) is 50.5 Å². The minimum atomic E-state index is 0.530. The van der Waals surface area contributed by atoms with Crippen molar-refractivity contribution in [1.29, 1.82) is 0 Å². The van der Waals surface area contributed by atoms with Gasteiger partial charge in [0.15, 0.2) is 0 Å². The van der Waals surface area contributed by atoms with Gasteiger partial charge in [-0.05, 0) is 36.9 Å². The van der Waals surface area contributed by atoms with Crippen molar-refractivity contribution in [3.05, 3.63) is 29.8 Å². The summed E-state index contributed by atoms with van der Waals surface area (Å²) in [6.45, 7) is 5.49. The molecular formula is C15H25NS. The van der Waals surface area contributed by atoms with Gasteiger partial charge in [0.05, 0.1) is 0 Å².